The summed E-state index contributed by atoms with van der Waals surface area (Å²) in [5, 5.41) is 12.7. The summed E-state index contributed by atoms with van der Waals surface area (Å²) < 4.78 is 4.61. The smallest absolute Gasteiger partial charge is 0.337 e. The number of ether oxygens (including phenoxy) is 1. The van der Waals surface area contributed by atoms with Gasteiger partial charge in [0.15, 0.2) is 5.69 Å². The van der Waals surface area contributed by atoms with Crippen molar-refractivity contribution in [2.24, 2.45) is 0 Å². The van der Waals surface area contributed by atoms with Gasteiger partial charge in [-0.25, -0.2) is 4.79 Å². The van der Waals surface area contributed by atoms with Crippen LogP contribution in [0.25, 0.3) is 0 Å². The maximum absolute atomic E-state index is 12.0. The lowest BCUT2D eigenvalue weighted by Crippen LogP contribution is -2.14. The van der Waals surface area contributed by atoms with Crippen LogP contribution in [0.1, 0.15) is 26.5 Å². The summed E-state index contributed by atoms with van der Waals surface area (Å²) in [6, 6.07) is 4.44. The predicted octanol–water partition coefficient (Wildman–Crippen LogP) is 1.81. The number of nitrogens with one attached hydrogen (secondary N) is 2. The van der Waals surface area contributed by atoms with Crippen molar-refractivity contribution in [3.8, 4) is 0 Å². The molecular weight excluding hydrogens is 284 g/mol. The van der Waals surface area contributed by atoms with E-state index >= 15 is 0 Å². The first-order chi connectivity index (χ1) is 9.52. The number of aryl methyl sites for hydroxylation is 1. The topological polar surface area (TPSA) is 97.0 Å². The molecule has 2 N–H and O–H groups in total. The Bertz CT molecular complexity index is 668. The largest absolute Gasteiger partial charge is 0.465 e. The molecule has 0 aliphatic carbocycles. The molecule has 104 valence electrons. The second-order valence-electron chi connectivity index (χ2n) is 3.90. The fourth-order valence-electron chi connectivity index (χ4n) is 1.55. The van der Waals surface area contributed by atoms with E-state index in [1.807, 2.05) is 0 Å². The molecule has 0 aliphatic heterocycles. The van der Waals surface area contributed by atoms with Crippen LogP contribution in [-0.4, -0.2) is 34.4 Å². The second-order valence-corrected chi connectivity index (χ2v) is 4.31. The summed E-state index contributed by atoms with van der Waals surface area (Å²) in [7, 11) is 1.27. The number of rotatable bonds is 3. The van der Waals surface area contributed by atoms with Crippen molar-refractivity contribution in [2.75, 3.05) is 12.4 Å². The molecule has 0 aliphatic rings. The molecule has 0 radical (unpaired) electrons. The zero-order valence-corrected chi connectivity index (χ0v) is 11.5. The van der Waals surface area contributed by atoms with Crippen molar-refractivity contribution in [3.63, 3.8) is 0 Å². The number of methoxy groups -OCH3 is 1. The number of aromatic nitrogens is 3. The Morgan fingerprint density at radius 3 is 2.70 bits per heavy atom. The summed E-state index contributed by atoms with van der Waals surface area (Å²) in [6.45, 7) is 1.64. The van der Waals surface area contributed by atoms with E-state index < -0.39 is 11.9 Å². The highest BCUT2D eigenvalue weighted by Crippen LogP contribution is 2.24. The molecule has 0 unspecified atom stereocenters. The van der Waals surface area contributed by atoms with E-state index in [0.717, 1.165) is 0 Å². The molecule has 1 heterocycles. The normalized spacial score (nSPS) is 10.2. The minimum absolute atomic E-state index is 0.157. The first-order valence-electron chi connectivity index (χ1n) is 5.59. The highest BCUT2D eigenvalue weighted by atomic mass is 35.5. The Morgan fingerprint density at radius 1 is 1.35 bits per heavy atom. The molecular formula is C12H11ClN4O3. The molecule has 0 bridgehead atoms. The third-order valence-corrected chi connectivity index (χ3v) is 2.90. The van der Waals surface area contributed by atoms with Crippen LogP contribution < -0.4 is 5.32 Å². The average molecular weight is 295 g/mol. The number of carbonyl (C=O) groups excluding carboxylic acids is 2. The van der Waals surface area contributed by atoms with Crippen LogP contribution in [0.3, 0.4) is 0 Å². The number of anilines is 1. The van der Waals surface area contributed by atoms with Crippen LogP contribution in [0, 0.1) is 6.92 Å². The van der Waals surface area contributed by atoms with Crippen LogP contribution in [0.2, 0.25) is 5.02 Å². The number of hydrogen-bond donors (Lipinski definition) is 2. The van der Waals surface area contributed by atoms with Crippen molar-refractivity contribution in [3.05, 3.63) is 40.2 Å². The third kappa shape index (κ3) is 2.77. The Hall–Kier alpha value is -2.41. The fourth-order valence-corrected chi connectivity index (χ4v) is 1.71. The van der Waals surface area contributed by atoms with Gasteiger partial charge in [-0.1, -0.05) is 11.6 Å². The van der Waals surface area contributed by atoms with Gasteiger partial charge in [0.05, 0.1) is 29.1 Å². The van der Waals surface area contributed by atoms with Crippen molar-refractivity contribution >= 4 is 29.2 Å². The summed E-state index contributed by atoms with van der Waals surface area (Å²) in [6.07, 6.45) is 0. The van der Waals surface area contributed by atoms with E-state index in [4.69, 9.17) is 11.6 Å². The van der Waals surface area contributed by atoms with Crippen LogP contribution in [0.15, 0.2) is 18.2 Å². The van der Waals surface area contributed by atoms with Crippen LogP contribution in [0.5, 0.6) is 0 Å². The van der Waals surface area contributed by atoms with E-state index in [1.165, 1.54) is 25.3 Å². The molecule has 1 aromatic heterocycles. The SMILES string of the molecule is COC(=O)c1ccc(Cl)c(NC(=O)c2n[nH]nc2C)c1. The number of aromatic amines is 1. The molecule has 0 saturated carbocycles. The van der Waals surface area contributed by atoms with Gasteiger partial charge >= 0.3 is 5.97 Å². The number of carbonyl (C=O) groups is 2. The lowest BCUT2D eigenvalue weighted by Gasteiger charge is -2.07. The van der Waals surface area contributed by atoms with Crippen LogP contribution >= 0.6 is 11.6 Å². The average Bonchev–Trinajstić information content (AvgIpc) is 2.86. The van der Waals surface area contributed by atoms with Gasteiger partial charge in [0.2, 0.25) is 0 Å². The Labute approximate surface area is 119 Å². The lowest BCUT2D eigenvalue weighted by atomic mass is 10.2. The Morgan fingerprint density at radius 2 is 2.10 bits per heavy atom. The quantitative estimate of drug-likeness (QED) is 0.841. The highest BCUT2D eigenvalue weighted by Gasteiger charge is 2.16. The Kier molecular flexibility index (Phi) is 3.99. The van der Waals surface area contributed by atoms with Crippen LogP contribution in [0.4, 0.5) is 5.69 Å². The van der Waals surface area contributed by atoms with Gasteiger partial charge in [0, 0.05) is 0 Å². The summed E-state index contributed by atoms with van der Waals surface area (Å²) in [5.74, 6) is -0.991. The van der Waals surface area contributed by atoms with Gasteiger partial charge in [-0.05, 0) is 25.1 Å². The molecule has 8 heteroatoms. The maximum Gasteiger partial charge on any atom is 0.337 e. The number of halogens is 1. The summed E-state index contributed by atoms with van der Waals surface area (Å²) in [5.41, 5.74) is 1.19. The molecule has 0 saturated heterocycles. The van der Waals surface area contributed by atoms with Crippen LogP contribution in [-0.2, 0) is 4.74 Å². The number of H-pyrrole nitrogens is 1. The van der Waals surface area contributed by atoms with E-state index in [1.54, 1.807) is 6.92 Å². The fraction of sp³-hybridized carbons (Fsp3) is 0.167. The molecule has 20 heavy (non-hydrogen) atoms. The van der Waals surface area contributed by atoms with E-state index in [-0.39, 0.29) is 11.3 Å². The predicted molar refractivity (Wildman–Crippen MR) is 71.9 cm³/mol. The number of amides is 1. The molecule has 2 aromatic rings. The van der Waals surface area contributed by atoms with E-state index in [0.29, 0.717) is 16.4 Å². The molecule has 7 nitrogen and oxygen atoms in total. The Balaban J connectivity index is 2.27. The standard InChI is InChI=1S/C12H11ClN4O3/c1-6-10(16-17-15-6)11(18)14-9-5-7(12(19)20-2)3-4-8(9)13/h3-5H,1-2H3,(H,14,18)(H,15,16,17). The van der Waals surface area contributed by atoms with Gasteiger partial charge in [-0.15, -0.1) is 0 Å². The molecule has 2 rings (SSSR count). The van der Waals surface area contributed by atoms with Gasteiger partial charge < -0.3 is 10.1 Å². The maximum atomic E-state index is 12.0. The molecule has 0 spiro atoms. The number of hydrogen-bond acceptors (Lipinski definition) is 5. The summed E-state index contributed by atoms with van der Waals surface area (Å²) >= 11 is 5.98. The summed E-state index contributed by atoms with van der Waals surface area (Å²) in [4.78, 5) is 23.4. The number of nitrogens with zero attached hydrogens (tertiary/aromatic N) is 2. The van der Waals surface area contributed by atoms with Gasteiger partial charge in [0.1, 0.15) is 0 Å². The zero-order valence-electron chi connectivity index (χ0n) is 10.7. The second kappa shape index (κ2) is 5.70. The number of esters is 1. The van der Waals surface area contributed by atoms with Gasteiger partial charge in [-0.3, -0.25) is 4.79 Å². The van der Waals surface area contributed by atoms with Gasteiger partial charge in [-0.2, -0.15) is 15.4 Å². The van der Waals surface area contributed by atoms with Gasteiger partial charge in [0.25, 0.3) is 5.91 Å². The molecule has 1 amide bonds. The van der Waals surface area contributed by atoms with Crippen molar-refractivity contribution in [1.29, 1.82) is 0 Å². The minimum atomic E-state index is -0.519. The molecule has 0 fully saturated rings. The first kappa shape index (κ1) is 14.0. The highest BCUT2D eigenvalue weighted by molar-refractivity contribution is 6.34. The lowest BCUT2D eigenvalue weighted by molar-refractivity contribution is 0.0600. The molecule has 1 aromatic carbocycles. The monoisotopic (exact) mass is 294 g/mol. The molecule has 0 atom stereocenters. The number of benzene rings is 1. The zero-order chi connectivity index (χ0) is 14.7. The first-order valence-corrected chi connectivity index (χ1v) is 5.97. The van der Waals surface area contributed by atoms with E-state index in [9.17, 15) is 9.59 Å². The van der Waals surface area contributed by atoms with Crippen molar-refractivity contribution in [1.82, 2.24) is 15.4 Å². The van der Waals surface area contributed by atoms with E-state index in [2.05, 4.69) is 25.5 Å². The van der Waals surface area contributed by atoms with Crippen molar-refractivity contribution in [2.45, 2.75) is 6.92 Å². The minimum Gasteiger partial charge on any atom is -0.465 e. The third-order valence-electron chi connectivity index (χ3n) is 2.57. The van der Waals surface area contributed by atoms with Crippen molar-refractivity contribution < 1.29 is 14.3 Å².